The summed E-state index contributed by atoms with van der Waals surface area (Å²) in [6, 6.07) is 45.5. The molecule has 1 unspecified atom stereocenters. The van der Waals surface area contributed by atoms with Crippen LogP contribution in [0.2, 0.25) is 0 Å². The molecule has 8 N–H and O–H groups in total. The second-order valence-electron chi connectivity index (χ2n) is 38.1. The van der Waals surface area contributed by atoms with E-state index in [1.807, 2.05) is 0 Å². The third-order valence-corrected chi connectivity index (χ3v) is 28.9. The molecule has 4 saturated carbocycles. The van der Waals surface area contributed by atoms with Gasteiger partial charge in [0, 0.05) is 88.2 Å². The first kappa shape index (κ1) is 104. The van der Waals surface area contributed by atoms with Crippen LogP contribution in [0.5, 0.6) is 0 Å². The highest BCUT2D eigenvalue weighted by Gasteiger charge is 2.81. The number of rotatable bonds is 31. The van der Waals surface area contributed by atoms with E-state index in [0.717, 1.165) is 27.7 Å². The minimum atomic E-state index is -2.48. The molecule has 6 aliphatic carbocycles. The number of aliphatic hydroxyl groups excluding tert-OH is 4. The zero-order valence-electron chi connectivity index (χ0n) is 79.0. The lowest BCUT2D eigenvalue weighted by atomic mass is 9.44. The number of nitrogens with one attached hydrogen (secondary N) is 2. The van der Waals surface area contributed by atoms with Crippen LogP contribution in [0.15, 0.2) is 217 Å². The Labute approximate surface area is 802 Å². The zero-order valence-corrected chi connectivity index (χ0v) is 79.0. The van der Waals surface area contributed by atoms with Crippen molar-refractivity contribution in [3.63, 3.8) is 0 Å². The van der Waals surface area contributed by atoms with Gasteiger partial charge in [-0.1, -0.05) is 167 Å². The van der Waals surface area contributed by atoms with E-state index in [1.54, 1.807) is 152 Å². The average Bonchev–Trinajstić information content (AvgIpc) is 0.671. The van der Waals surface area contributed by atoms with Crippen molar-refractivity contribution in [2.45, 2.75) is 254 Å². The number of esters is 10. The van der Waals surface area contributed by atoms with Crippen molar-refractivity contribution in [3.05, 3.63) is 251 Å². The summed E-state index contributed by atoms with van der Waals surface area (Å²) in [6.45, 7) is 17.3. The fourth-order valence-corrected chi connectivity index (χ4v) is 21.5. The smallest absolute Gasteiger partial charge is 0.350 e. The minimum absolute atomic E-state index is 0.0116. The van der Waals surface area contributed by atoms with Crippen LogP contribution in [0.4, 0.5) is 0 Å². The molecule has 34 heteroatoms. The molecule has 14 rings (SSSR count). The summed E-state index contributed by atoms with van der Waals surface area (Å²) in [5.41, 5.74) is -15.0. The van der Waals surface area contributed by atoms with Crippen LogP contribution in [0.1, 0.15) is 205 Å². The molecule has 6 fully saturated rings. The van der Waals surface area contributed by atoms with Crippen molar-refractivity contribution < 1.29 is 155 Å². The molecule has 2 amide bonds. The van der Waals surface area contributed by atoms with Gasteiger partial charge in [-0.05, 0) is 129 Å². The van der Waals surface area contributed by atoms with Crippen molar-refractivity contribution in [1.29, 1.82) is 0 Å². The van der Waals surface area contributed by atoms with E-state index in [0.29, 0.717) is 24.0 Å². The van der Waals surface area contributed by atoms with Crippen LogP contribution >= 0.6 is 0 Å². The highest BCUT2D eigenvalue weighted by molar-refractivity contribution is 5.99. The molecule has 8 aliphatic rings. The quantitative estimate of drug-likeness (QED) is 0.00870. The predicted octanol–water partition coefficient (Wildman–Crippen LogP) is 9.06. The lowest BCUT2D eigenvalue weighted by molar-refractivity contribution is -0.346. The Morgan fingerprint density at radius 2 is 0.871 bits per heavy atom. The number of Topliss-reactive ketones (excluding diaryl/α,β-unsaturated/α-hetero) is 2. The van der Waals surface area contributed by atoms with Gasteiger partial charge in [-0.3, -0.25) is 47.9 Å². The Morgan fingerprint density at radius 3 is 1.26 bits per heavy atom. The molecule has 0 radical (unpaired) electrons. The number of carbonyl (C=O) groups excluding carboxylic acids is 14. The molecular weight excluding hydrogens is 1800 g/mol. The van der Waals surface area contributed by atoms with Gasteiger partial charge >= 0.3 is 59.7 Å². The Bertz CT molecular complexity index is 5680. The number of carbonyl (C=O) groups is 14. The number of aliphatic hydroxyl groups is 6. The molecular formula is C105H118N2O32. The van der Waals surface area contributed by atoms with Gasteiger partial charge in [0.25, 0.3) is 11.8 Å². The maximum Gasteiger partial charge on any atom is 0.350 e. The van der Waals surface area contributed by atoms with Crippen LogP contribution in [0, 0.1) is 33.5 Å². The summed E-state index contributed by atoms with van der Waals surface area (Å²) in [5.74, 6) is -15.8. The second kappa shape index (κ2) is 42.1. The van der Waals surface area contributed by atoms with Gasteiger partial charge in [0.1, 0.15) is 59.9 Å². The number of ketones is 2. The van der Waals surface area contributed by atoms with Crippen molar-refractivity contribution in [1.82, 2.24) is 10.6 Å². The maximum absolute atomic E-state index is 15.7. The SMILES string of the molecule is C=CCCCC(=O)O[C@@H](C(=O)O[C@@H]1C=C2[C@@H](OC(C)=O)C(=O)[C@@]3(C)[C@H]([C@H](OC(=O)c4ccccc4)[C@](O)(C1)C2(C)C)[C@]1(OC(C)=O)CO[C@@H]1C[C@@H]3O)[C@@H](NC(=O)c1ccccc1)c1ccccc1.CC(=O)O[C@H]1C(=O)[C@@]2(C)[C@H]([C@H](OC(=O)c3ccccc3)[C@]3(O)C[C@H](OC(=O)[C@H](OC(=O)CCCC(O)CO)[C@@H](NC(=O)c4ccccc4)c4ccccc4)C(C)=C1C3(C)C)[C@]1(OC(C)=O)CO[C@@H]1C[C@@H]2O. The molecule has 2 saturated heterocycles. The molecule has 6 aromatic rings. The minimum Gasteiger partial charge on any atom is -0.455 e. The highest BCUT2D eigenvalue weighted by Crippen LogP contribution is 2.67. The van der Waals surface area contributed by atoms with E-state index in [9.17, 15) is 83.4 Å². The van der Waals surface area contributed by atoms with E-state index >= 15 is 14.4 Å². The lowest BCUT2D eigenvalue weighted by Gasteiger charge is -2.67. The standard InChI is InChI=1S/C53H61NO17.C52H57NO15/c1-29-36(68-49(64)43(69-39(60)24-16-23-35(58)27-55)41(32-17-10-7-11-18-32)54-47(62)33-19-12-8-13-20-33)26-53(65)46(70-48(63)34-21-14-9-15-22-34)44-51(6,37(59)25-38-52(44,28-66-38)71-31(3)57)45(61)42(67-30(2)56)40(29)50(53,4)5;1-7-8-12-25-39(57)66-42(40(32-19-13-9-14-20-32)53-46(59)33-21-15-10-16-22-33)48(61)65-35-26-36-41(64-30(2)54)44(58)50(6)37(56)27-38-51(29-63-38,68-31(3)55)43(50)45(52(62,28-35)49(36,4)5)67-47(60)34-23-17-11-18-24-34/h7-15,17-22,35-38,41-44,46,55,58-59,65H,16,23-28H2,1-6H3,(H,54,62);7,9-11,13-24,26,35,37-38,40-43,45,56,62H,1,8,12,25,27-29H2,2-6H3,(H,53,59)/t35?,36-,37-,38+,41-,42+,43+,44-,46-,51+,52-,53+;35-,37+,38-,40+,41-,42-,43+,45+,50-,51+,52-/m01/s1. The summed E-state index contributed by atoms with van der Waals surface area (Å²) < 4.78 is 73.1. The molecule has 2 aliphatic heterocycles. The number of hydrogen-bond acceptors (Lipinski definition) is 32. The van der Waals surface area contributed by atoms with Gasteiger partial charge in [0.15, 0.2) is 35.0 Å². The molecule has 740 valence electrons. The van der Waals surface area contributed by atoms with Crippen molar-refractivity contribution in [2.75, 3.05) is 19.8 Å². The molecule has 139 heavy (non-hydrogen) atoms. The zero-order chi connectivity index (χ0) is 101. The summed E-state index contributed by atoms with van der Waals surface area (Å²) in [6.07, 6.45) is -19.2. The molecule has 34 nitrogen and oxygen atoms in total. The number of fused-ring (bicyclic) bond motifs is 10. The fourth-order valence-electron chi connectivity index (χ4n) is 21.5. The first-order chi connectivity index (χ1) is 65.9. The first-order valence-electron chi connectivity index (χ1n) is 46.2. The molecule has 4 bridgehead atoms. The maximum atomic E-state index is 15.7. The summed E-state index contributed by atoms with van der Waals surface area (Å²) in [7, 11) is 0. The Hall–Kier alpha value is -12.8. The van der Waals surface area contributed by atoms with Gasteiger partial charge in [-0.2, -0.15) is 0 Å². The van der Waals surface area contributed by atoms with Crippen LogP contribution in [-0.4, -0.2) is 235 Å². The molecule has 23 atom stereocenters. The fraction of sp³-hybridized carbons (Fsp3) is 0.467. The highest BCUT2D eigenvalue weighted by atomic mass is 16.7. The summed E-state index contributed by atoms with van der Waals surface area (Å²) >= 11 is 0. The molecule has 0 aromatic heterocycles. The van der Waals surface area contributed by atoms with Crippen molar-refractivity contribution in [2.24, 2.45) is 33.5 Å². The van der Waals surface area contributed by atoms with Gasteiger partial charge < -0.3 is 98.1 Å². The van der Waals surface area contributed by atoms with E-state index < -0.39 is 250 Å². The van der Waals surface area contributed by atoms with Crippen LogP contribution in [-0.2, 0) is 105 Å². The number of hydrogen-bond donors (Lipinski definition) is 8. The van der Waals surface area contributed by atoms with Crippen LogP contribution < -0.4 is 10.6 Å². The monoisotopic (exact) mass is 1920 g/mol. The molecule has 2 heterocycles. The first-order valence-corrected chi connectivity index (χ1v) is 46.2. The van der Waals surface area contributed by atoms with Gasteiger partial charge in [0.05, 0.1) is 71.9 Å². The topological polar surface area (TPSA) is 495 Å². The molecule has 0 spiro atoms. The number of amides is 2. The second-order valence-corrected chi connectivity index (χ2v) is 38.1. The predicted molar refractivity (Wildman–Crippen MR) is 490 cm³/mol. The number of ether oxygens (including phenoxy) is 12. The van der Waals surface area contributed by atoms with Gasteiger partial charge in [-0.15, -0.1) is 6.58 Å². The Balaban J connectivity index is 0.000000235. The average molecular weight is 1920 g/mol. The number of benzene rings is 6. The van der Waals surface area contributed by atoms with Gasteiger partial charge in [-0.25, -0.2) is 19.2 Å². The van der Waals surface area contributed by atoms with Crippen LogP contribution in [0.25, 0.3) is 0 Å². The Kier molecular flexibility index (Phi) is 31.4. The van der Waals surface area contributed by atoms with E-state index in [-0.39, 0.29) is 90.7 Å². The Morgan fingerprint density at radius 1 is 0.489 bits per heavy atom. The van der Waals surface area contributed by atoms with Crippen molar-refractivity contribution in [3.8, 4) is 0 Å². The largest absolute Gasteiger partial charge is 0.455 e. The van der Waals surface area contributed by atoms with E-state index in [2.05, 4.69) is 17.2 Å². The van der Waals surface area contributed by atoms with E-state index in [1.165, 1.54) is 90.9 Å². The number of allylic oxidation sites excluding steroid dienone is 1. The third-order valence-electron chi connectivity index (χ3n) is 28.9. The third kappa shape index (κ3) is 20.3. The van der Waals surface area contributed by atoms with Crippen LogP contribution in [0.3, 0.4) is 0 Å². The summed E-state index contributed by atoms with van der Waals surface area (Å²) in [4.78, 5) is 198. The number of unbranched alkanes of at least 4 members (excludes halogenated alkanes) is 1. The normalized spacial score (nSPS) is 29.7. The van der Waals surface area contributed by atoms with Gasteiger partial charge in [0.2, 0.25) is 12.2 Å². The molecule has 6 aromatic carbocycles. The summed E-state index contributed by atoms with van der Waals surface area (Å²) in [5, 5.41) is 77.0. The van der Waals surface area contributed by atoms with Crippen molar-refractivity contribution >= 4 is 83.1 Å². The lowest BCUT2D eigenvalue weighted by Crippen LogP contribution is -2.82. The van der Waals surface area contributed by atoms with E-state index in [4.69, 9.17) is 56.8 Å².